The first-order chi connectivity index (χ1) is 7.95. The molecule has 0 fully saturated rings. The van der Waals surface area contributed by atoms with Crippen LogP contribution in [0.4, 0.5) is 8.78 Å². The lowest BCUT2D eigenvalue weighted by Gasteiger charge is -2.17. The number of carbonyl (C=O) groups is 1. The quantitative estimate of drug-likeness (QED) is 0.861. The third-order valence-corrected chi connectivity index (χ3v) is 2.86. The summed E-state index contributed by atoms with van der Waals surface area (Å²) in [6.07, 6.45) is 0.746. The van der Waals surface area contributed by atoms with Crippen LogP contribution in [0.25, 0.3) is 0 Å². The van der Waals surface area contributed by atoms with Crippen molar-refractivity contribution in [2.24, 2.45) is 5.92 Å². The first-order valence-corrected chi connectivity index (χ1v) is 5.71. The molecule has 0 bridgehead atoms. The summed E-state index contributed by atoms with van der Waals surface area (Å²) < 4.78 is 25.8. The minimum atomic E-state index is -0.896. The molecule has 94 valence electrons. The molecule has 0 aromatic heterocycles. The van der Waals surface area contributed by atoms with Gasteiger partial charge >= 0.3 is 0 Å². The van der Waals surface area contributed by atoms with Crippen molar-refractivity contribution in [2.45, 2.75) is 33.2 Å². The van der Waals surface area contributed by atoms with Gasteiger partial charge in [-0.05, 0) is 31.0 Å². The van der Waals surface area contributed by atoms with E-state index in [0.717, 1.165) is 18.6 Å². The molecule has 0 saturated heterocycles. The molecule has 2 atom stereocenters. The topological polar surface area (TPSA) is 29.1 Å². The van der Waals surface area contributed by atoms with E-state index in [1.807, 2.05) is 13.8 Å². The summed E-state index contributed by atoms with van der Waals surface area (Å²) in [6.45, 7) is 5.49. The van der Waals surface area contributed by atoms with E-state index >= 15 is 0 Å². The number of carbonyl (C=O) groups excluding carboxylic acids is 1. The predicted molar refractivity (Wildman–Crippen MR) is 62.4 cm³/mol. The molecule has 17 heavy (non-hydrogen) atoms. The zero-order valence-electron chi connectivity index (χ0n) is 10.3. The molecule has 1 rings (SSSR count). The van der Waals surface area contributed by atoms with Crippen molar-refractivity contribution in [1.29, 1.82) is 0 Å². The Morgan fingerprint density at radius 2 is 1.94 bits per heavy atom. The van der Waals surface area contributed by atoms with Gasteiger partial charge in [-0.25, -0.2) is 8.78 Å². The average Bonchev–Trinajstić information content (AvgIpc) is 2.31. The van der Waals surface area contributed by atoms with E-state index in [1.54, 1.807) is 6.92 Å². The highest BCUT2D eigenvalue weighted by Crippen LogP contribution is 2.16. The SMILES string of the molecule is CCC(C)C(=O)NC(C)c1ccc(F)c(F)c1. The summed E-state index contributed by atoms with van der Waals surface area (Å²) in [6, 6.07) is 3.32. The summed E-state index contributed by atoms with van der Waals surface area (Å²) in [4.78, 5) is 11.6. The van der Waals surface area contributed by atoms with Crippen molar-refractivity contribution in [3.8, 4) is 0 Å². The molecule has 0 spiro atoms. The van der Waals surface area contributed by atoms with Gasteiger partial charge in [-0.2, -0.15) is 0 Å². The number of nitrogens with one attached hydrogen (secondary N) is 1. The summed E-state index contributed by atoms with van der Waals surface area (Å²) in [5.74, 6) is -1.94. The fourth-order valence-electron chi connectivity index (χ4n) is 1.41. The Kier molecular flexibility index (Phi) is 4.61. The van der Waals surface area contributed by atoms with Crippen molar-refractivity contribution >= 4 is 5.91 Å². The first kappa shape index (κ1) is 13.6. The van der Waals surface area contributed by atoms with Crippen LogP contribution in [0.5, 0.6) is 0 Å². The number of hydrogen-bond donors (Lipinski definition) is 1. The Hall–Kier alpha value is -1.45. The molecule has 1 N–H and O–H groups in total. The van der Waals surface area contributed by atoms with Gasteiger partial charge in [0.15, 0.2) is 11.6 Å². The summed E-state index contributed by atoms with van der Waals surface area (Å²) in [5.41, 5.74) is 0.556. The van der Waals surface area contributed by atoms with E-state index in [2.05, 4.69) is 5.32 Å². The van der Waals surface area contributed by atoms with Crippen molar-refractivity contribution in [1.82, 2.24) is 5.32 Å². The van der Waals surface area contributed by atoms with Crippen LogP contribution < -0.4 is 5.32 Å². The van der Waals surface area contributed by atoms with Crippen molar-refractivity contribution in [2.75, 3.05) is 0 Å². The summed E-state index contributed by atoms with van der Waals surface area (Å²) in [7, 11) is 0. The van der Waals surface area contributed by atoms with Gasteiger partial charge in [-0.1, -0.05) is 19.9 Å². The molecule has 0 radical (unpaired) electrons. The van der Waals surface area contributed by atoms with Gasteiger partial charge in [0.1, 0.15) is 0 Å². The molecule has 1 aromatic carbocycles. The fourth-order valence-corrected chi connectivity index (χ4v) is 1.41. The van der Waals surface area contributed by atoms with E-state index in [4.69, 9.17) is 0 Å². The van der Waals surface area contributed by atoms with E-state index in [0.29, 0.717) is 5.56 Å². The molecular formula is C13H17F2NO. The van der Waals surface area contributed by atoms with Gasteiger partial charge in [-0.15, -0.1) is 0 Å². The smallest absolute Gasteiger partial charge is 0.223 e. The van der Waals surface area contributed by atoms with Gasteiger partial charge in [0.2, 0.25) is 5.91 Å². The highest BCUT2D eigenvalue weighted by atomic mass is 19.2. The molecule has 0 aliphatic carbocycles. The predicted octanol–water partition coefficient (Wildman–Crippen LogP) is 3.19. The van der Waals surface area contributed by atoms with Gasteiger partial charge in [0, 0.05) is 5.92 Å². The largest absolute Gasteiger partial charge is 0.349 e. The van der Waals surface area contributed by atoms with E-state index in [-0.39, 0.29) is 17.9 Å². The maximum atomic E-state index is 13.0. The Bertz CT molecular complexity index is 406. The summed E-state index contributed by atoms with van der Waals surface area (Å²) >= 11 is 0. The van der Waals surface area contributed by atoms with Crippen molar-refractivity contribution in [3.05, 3.63) is 35.4 Å². The lowest BCUT2D eigenvalue weighted by molar-refractivity contribution is -0.125. The van der Waals surface area contributed by atoms with Gasteiger partial charge in [0.05, 0.1) is 6.04 Å². The number of benzene rings is 1. The minimum Gasteiger partial charge on any atom is -0.349 e. The Morgan fingerprint density at radius 3 is 2.47 bits per heavy atom. The lowest BCUT2D eigenvalue weighted by Crippen LogP contribution is -2.31. The van der Waals surface area contributed by atoms with Crippen LogP contribution in [0.3, 0.4) is 0 Å². The van der Waals surface area contributed by atoms with Crippen molar-refractivity contribution < 1.29 is 13.6 Å². The maximum absolute atomic E-state index is 13.0. The molecule has 0 heterocycles. The Morgan fingerprint density at radius 1 is 1.29 bits per heavy atom. The van der Waals surface area contributed by atoms with Gasteiger partial charge < -0.3 is 5.32 Å². The molecule has 1 amide bonds. The zero-order valence-corrected chi connectivity index (χ0v) is 10.3. The van der Waals surface area contributed by atoms with Crippen LogP contribution in [-0.2, 0) is 4.79 Å². The Labute approximate surface area is 100 Å². The standard InChI is InChI=1S/C13H17F2NO/c1-4-8(2)13(17)16-9(3)10-5-6-11(14)12(15)7-10/h5-9H,4H2,1-3H3,(H,16,17). The molecule has 0 aliphatic rings. The molecule has 0 aliphatic heterocycles. The van der Waals surface area contributed by atoms with Crippen LogP contribution in [0.2, 0.25) is 0 Å². The number of rotatable bonds is 4. The first-order valence-electron chi connectivity index (χ1n) is 5.71. The highest BCUT2D eigenvalue weighted by molar-refractivity contribution is 5.78. The van der Waals surface area contributed by atoms with E-state index in [1.165, 1.54) is 6.07 Å². The van der Waals surface area contributed by atoms with Crippen LogP contribution in [0.1, 0.15) is 38.8 Å². The second kappa shape index (κ2) is 5.75. The molecule has 4 heteroatoms. The highest BCUT2D eigenvalue weighted by Gasteiger charge is 2.15. The van der Waals surface area contributed by atoms with Crippen LogP contribution >= 0.6 is 0 Å². The maximum Gasteiger partial charge on any atom is 0.223 e. The lowest BCUT2D eigenvalue weighted by atomic mass is 10.1. The van der Waals surface area contributed by atoms with Crippen LogP contribution in [0, 0.1) is 17.6 Å². The second-order valence-corrected chi connectivity index (χ2v) is 4.21. The molecule has 2 unspecified atom stereocenters. The Balaban J connectivity index is 2.73. The zero-order chi connectivity index (χ0) is 13.0. The third kappa shape index (κ3) is 3.51. The monoisotopic (exact) mass is 241 g/mol. The number of amides is 1. The minimum absolute atomic E-state index is 0.0790. The average molecular weight is 241 g/mol. The number of hydrogen-bond acceptors (Lipinski definition) is 1. The van der Waals surface area contributed by atoms with E-state index < -0.39 is 11.6 Å². The van der Waals surface area contributed by atoms with Gasteiger partial charge in [0.25, 0.3) is 0 Å². The molecule has 0 saturated carbocycles. The van der Waals surface area contributed by atoms with E-state index in [9.17, 15) is 13.6 Å². The second-order valence-electron chi connectivity index (χ2n) is 4.21. The van der Waals surface area contributed by atoms with Crippen LogP contribution in [0.15, 0.2) is 18.2 Å². The van der Waals surface area contributed by atoms with Crippen LogP contribution in [-0.4, -0.2) is 5.91 Å². The molecule has 1 aromatic rings. The normalized spacial score (nSPS) is 14.2. The van der Waals surface area contributed by atoms with Crippen molar-refractivity contribution in [3.63, 3.8) is 0 Å². The molecule has 2 nitrogen and oxygen atoms in total. The van der Waals surface area contributed by atoms with Gasteiger partial charge in [-0.3, -0.25) is 4.79 Å². The summed E-state index contributed by atoms with van der Waals surface area (Å²) in [5, 5.41) is 2.77. The number of halogens is 2. The third-order valence-electron chi connectivity index (χ3n) is 2.86. The fraction of sp³-hybridized carbons (Fsp3) is 0.462. The molecular weight excluding hydrogens is 224 g/mol.